The van der Waals surface area contributed by atoms with Gasteiger partial charge in [0.15, 0.2) is 5.96 Å². The molecule has 25 heavy (non-hydrogen) atoms. The number of fused-ring (bicyclic) bond motifs is 1. The summed E-state index contributed by atoms with van der Waals surface area (Å²) < 4.78 is 4.22. The summed E-state index contributed by atoms with van der Waals surface area (Å²) in [6.07, 6.45) is 9.10. The maximum atomic E-state index is 4.69. The van der Waals surface area contributed by atoms with Crippen LogP contribution in [-0.2, 0) is 13.0 Å². The lowest BCUT2D eigenvalue weighted by molar-refractivity contribution is 0.664. The average Bonchev–Trinajstić information content (AvgIpc) is 3.23. The molecular formula is C18H25IN6. The van der Waals surface area contributed by atoms with Crippen molar-refractivity contribution < 1.29 is 0 Å². The van der Waals surface area contributed by atoms with E-state index in [9.17, 15) is 0 Å². The monoisotopic (exact) mass is 452 g/mol. The van der Waals surface area contributed by atoms with E-state index in [1.54, 1.807) is 7.05 Å². The van der Waals surface area contributed by atoms with Gasteiger partial charge in [0.25, 0.3) is 0 Å². The summed E-state index contributed by atoms with van der Waals surface area (Å²) in [4.78, 5) is 8.94. The quantitative estimate of drug-likeness (QED) is 0.343. The van der Waals surface area contributed by atoms with E-state index in [0.29, 0.717) is 0 Å². The van der Waals surface area contributed by atoms with E-state index in [0.717, 1.165) is 43.4 Å². The Hall–Kier alpha value is -2.03. The summed E-state index contributed by atoms with van der Waals surface area (Å²) in [5, 5.41) is 6.66. The predicted molar refractivity (Wildman–Crippen MR) is 113 cm³/mol. The molecule has 134 valence electrons. The third-order valence-corrected chi connectivity index (χ3v) is 3.95. The van der Waals surface area contributed by atoms with E-state index < -0.39 is 0 Å². The number of imidazole rings is 1. The summed E-state index contributed by atoms with van der Waals surface area (Å²) in [5.74, 6) is 0.821. The van der Waals surface area contributed by atoms with Crippen molar-refractivity contribution in [3.8, 4) is 0 Å². The van der Waals surface area contributed by atoms with Crippen LogP contribution in [-0.4, -0.2) is 40.0 Å². The van der Waals surface area contributed by atoms with Gasteiger partial charge in [-0.3, -0.25) is 4.99 Å². The van der Waals surface area contributed by atoms with Crippen LogP contribution in [0, 0.1) is 6.92 Å². The first-order valence-corrected chi connectivity index (χ1v) is 8.25. The third kappa shape index (κ3) is 5.22. The number of halogens is 1. The van der Waals surface area contributed by atoms with Gasteiger partial charge in [0.2, 0.25) is 0 Å². The molecule has 0 saturated carbocycles. The Bertz CT molecular complexity index is 806. The van der Waals surface area contributed by atoms with Crippen molar-refractivity contribution in [3.63, 3.8) is 0 Å². The minimum Gasteiger partial charge on any atom is -0.356 e. The third-order valence-electron chi connectivity index (χ3n) is 3.95. The Balaban J connectivity index is 0.00000225. The molecule has 2 N–H and O–H groups in total. The van der Waals surface area contributed by atoms with Crippen molar-refractivity contribution >= 4 is 35.6 Å². The van der Waals surface area contributed by atoms with Crippen LogP contribution >= 0.6 is 24.0 Å². The van der Waals surface area contributed by atoms with Crippen LogP contribution in [0.3, 0.4) is 0 Å². The summed E-state index contributed by atoms with van der Waals surface area (Å²) in [6, 6.07) is 8.19. The van der Waals surface area contributed by atoms with E-state index in [2.05, 4.69) is 56.2 Å². The minimum atomic E-state index is 0. The Labute approximate surface area is 165 Å². The Morgan fingerprint density at radius 3 is 2.60 bits per heavy atom. The van der Waals surface area contributed by atoms with Crippen molar-refractivity contribution in [1.29, 1.82) is 0 Å². The van der Waals surface area contributed by atoms with Crippen molar-refractivity contribution in [3.05, 3.63) is 60.3 Å². The van der Waals surface area contributed by atoms with E-state index in [1.807, 2.05) is 24.4 Å². The highest BCUT2D eigenvalue weighted by Crippen LogP contribution is 2.09. The second kappa shape index (κ2) is 9.45. The van der Waals surface area contributed by atoms with Crippen LogP contribution in [0.5, 0.6) is 0 Å². The van der Waals surface area contributed by atoms with Crippen molar-refractivity contribution in [2.45, 2.75) is 19.9 Å². The van der Waals surface area contributed by atoms with Crippen molar-refractivity contribution in [2.24, 2.45) is 4.99 Å². The number of aromatic nitrogens is 3. The number of guanidine groups is 1. The molecule has 0 spiro atoms. The second-order valence-corrected chi connectivity index (χ2v) is 5.75. The van der Waals surface area contributed by atoms with Gasteiger partial charge in [-0.15, -0.1) is 24.0 Å². The molecule has 3 aromatic heterocycles. The molecule has 0 atom stereocenters. The van der Waals surface area contributed by atoms with Gasteiger partial charge < -0.3 is 19.6 Å². The van der Waals surface area contributed by atoms with E-state index >= 15 is 0 Å². The first-order valence-electron chi connectivity index (χ1n) is 8.25. The molecule has 0 aliphatic carbocycles. The standard InChI is InChI=1S/C18H24N6.HI/c1-15-6-5-12-24-14-16(22-17(15)24)7-8-20-18(19-2)21-9-13-23-10-3-4-11-23;/h3-6,10-12,14H,7-9,13H2,1-2H3,(H2,19,20,21);1H. The van der Waals surface area contributed by atoms with Gasteiger partial charge in [-0.05, 0) is 30.7 Å². The lowest BCUT2D eigenvalue weighted by Gasteiger charge is -2.11. The molecule has 0 aliphatic rings. The Kier molecular flexibility index (Phi) is 7.30. The van der Waals surface area contributed by atoms with Crippen molar-refractivity contribution in [1.82, 2.24) is 24.6 Å². The SMILES string of the molecule is CN=C(NCCc1cn2cccc(C)c2n1)NCCn1cccc1.I. The maximum absolute atomic E-state index is 4.69. The highest BCUT2D eigenvalue weighted by molar-refractivity contribution is 14.0. The first kappa shape index (κ1) is 19.3. The zero-order valence-electron chi connectivity index (χ0n) is 14.6. The molecule has 0 fully saturated rings. The average molecular weight is 452 g/mol. The van der Waals surface area contributed by atoms with Gasteiger partial charge in [-0.1, -0.05) is 6.07 Å². The predicted octanol–water partition coefficient (Wildman–Crippen LogP) is 2.47. The Morgan fingerprint density at radius 2 is 1.88 bits per heavy atom. The molecule has 0 aliphatic heterocycles. The summed E-state index contributed by atoms with van der Waals surface area (Å²) in [6.45, 7) is 4.63. The number of aryl methyl sites for hydroxylation is 1. The molecule has 6 nitrogen and oxygen atoms in total. The second-order valence-electron chi connectivity index (χ2n) is 5.75. The first-order chi connectivity index (χ1) is 11.8. The van der Waals surface area contributed by atoms with Crippen molar-refractivity contribution in [2.75, 3.05) is 20.1 Å². The van der Waals surface area contributed by atoms with Crippen LogP contribution in [0.4, 0.5) is 0 Å². The zero-order chi connectivity index (χ0) is 16.8. The van der Waals surface area contributed by atoms with Gasteiger partial charge >= 0.3 is 0 Å². The van der Waals surface area contributed by atoms with Crippen LogP contribution in [0.15, 0.2) is 54.0 Å². The number of nitrogens with zero attached hydrogens (tertiary/aromatic N) is 4. The summed E-state index contributed by atoms with van der Waals surface area (Å²) in [7, 11) is 1.79. The molecule has 0 bridgehead atoms. The number of hydrogen-bond acceptors (Lipinski definition) is 2. The highest BCUT2D eigenvalue weighted by Gasteiger charge is 2.04. The van der Waals surface area contributed by atoms with Gasteiger partial charge in [-0.2, -0.15) is 0 Å². The molecule has 7 heteroatoms. The molecule has 0 saturated heterocycles. The zero-order valence-corrected chi connectivity index (χ0v) is 17.0. The van der Waals surface area contributed by atoms with Gasteiger partial charge in [0, 0.05) is 57.9 Å². The summed E-state index contributed by atoms with van der Waals surface area (Å²) in [5.41, 5.74) is 3.31. The van der Waals surface area contributed by atoms with Gasteiger partial charge in [-0.25, -0.2) is 4.98 Å². The maximum Gasteiger partial charge on any atom is 0.191 e. The van der Waals surface area contributed by atoms with Crippen LogP contribution in [0.25, 0.3) is 5.65 Å². The van der Waals surface area contributed by atoms with E-state index in [4.69, 9.17) is 4.98 Å². The van der Waals surface area contributed by atoms with Gasteiger partial charge in [0.05, 0.1) is 5.69 Å². The molecular weight excluding hydrogens is 427 g/mol. The number of aliphatic imine (C=N–C) groups is 1. The lowest BCUT2D eigenvalue weighted by Crippen LogP contribution is -2.39. The molecule has 3 heterocycles. The molecule has 0 radical (unpaired) electrons. The molecule has 0 aromatic carbocycles. The van der Waals surface area contributed by atoms with Gasteiger partial charge in [0.1, 0.15) is 5.65 Å². The topological polar surface area (TPSA) is 58.6 Å². The van der Waals surface area contributed by atoms with E-state index in [-0.39, 0.29) is 24.0 Å². The number of pyridine rings is 1. The van der Waals surface area contributed by atoms with Crippen LogP contribution < -0.4 is 10.6 Å². The van der Waals surface area contributed by atoms with Crippen LogP contribution in [0.2, 0.25) is 0 Å². The lowest BCUT2D eigenvalue weighted by atomic mass is 10.3. The highest BCUT2D eigenvalue weighted by atomic mass is 127. The van der Waals surface area contributed by atoms with Crippen LogP contribution in [0.1, 0.15) is 11.3 Å². The largest absolute Gasteiger partial charge is 0.356 e. The fraction of sp³-hybridized carbons (Fsp3) is 0.333. The van der Waals surface area contributed by atoms with E-state index in [1.165, 1.54) is 5.56 Å². The summed E-state index contributed by atoms with van der Waals surface area (Å²) >= 11 is 0. The number of nitrogens with one attached hydrogen (secondary N) is 2. The fourth-order valence-electron chi connectivity index (χ4n) is 2.68. The minimum absolute atomic E-state index is 0. The molecule has 3 aromatic rings. The smallest absolute Gasteiger partial charge is 0.191 e. The number of hydrogen-bond donors (Lipinski definition) is 2. The Morgan fingerprint density at radius 1 is 1.12 bits per heavy atom. The molecule has 0 unspecified atom stereocenters. The molecule has 3 rings (SSSR count). The molecule has 0 amide bonds. The fourth-order valence-corrected chi connectivity index (χ4v) is 2.68. The number of rotatable bonds is 6. The normalized spacial score (nSPS) is 11.4.